The van der Waals surface area contributed by atoms with Gasteiger partial charge >= 0.3 is 0 Å². The van der Waals surface area contributed by atoms with Crippen LogP contribution in [0.15, 0.2) is 34.8 Å². The van der Waals surface area contributed by atoms with Crippen molar-refractivity contribution >= 4 is 44.8 Å². The van der Waals surface area contributed by atoms with Crippen LogP contribution < -0.4 is 5.73 Å². The largest absolute Gasteiger partial charge is 0.398 e. The smallest absolute Gasteiger partial charge is 0.150 e. The molecule has 0 amide bonds. The first-order valence-corrected chi connectivity index (χ1v) is 6.24. The minimum absolute atomic E-state index is 0.0388. The highest BCUT2D eigenvalue weighted by atomic mass is 79.9. The minimum Gasteiger partial charge on any atom is -0.398 e. The summed E-state index contributed by atoms with van der Waals surface area (Å²) in [6.07, 6.45) is 0. The van der Waals surface area contributed by atoms with Gasteiger partial charge in [0.15, 0.2) is 5.82 Å². The number of nitrogens with two attached hydrogens (primary N) is 1. The summed E-state index contributed by atoms with van der Waals surface area (Å²) in [5.41, 5.74) is 7.14. The van der Waals surface area contributed by atoms with Gasteiger partial charge in [-0.05, 0) is 34.1 Å². The van der Waals surface area contributed by atoms with Crippen LogP contribution in [-0.2, 0) is 0 Å². The van der Waals surface area contributed by atoms with Crippen LogP contribution in [0.4, 0.5) is 10.1 Å². The molecule has 0 radical (unpaired) electrons. The van der Waals surface area contributed by atoms with E-state index in [1.54, 1.807) is 30.3 Å². The molecule has 5 heteroatoms. The Morgan fingerprint density at radius 2 is 1.71 bits per heavy atom. The van der Waals surface area contributed by atoms with E-state index in [-0.39, 0.29) is 5.02 Å². The molecule has 0 bridgehead atoms. The maximum absolute atomic E-state index is 14.0. The highest BCUT2D eigenvalue weighted by molar-refractivity contribution is 9.10. The molecule has 2 aromatic carbocycles. The van der Waals surface area contributed by atoms with Gasteiger partial charge in [-0.15, -0.1) is 0 Å². The normalized spacial score (nSPS) is 10.6. The third-order valence-electron chi connectivity index (χ3n) is 2.34. The Labute approximate surface area is 116 Å². The van der Waals surface area contributed by atoms with E-state index in [9.17, 15) is 4.39 Å². The molecule has 17 heavy (non-hydrogen) atoms. The summed E-state index contributed by atoms with van der Waals surface area (Å²) in [6.45, 7) is 0. The number of anilines is 1. The van der Waals surface area contributed by atoms with Crippen LogP contribution in [0.1, 0.15) is 0 Å². The van der Waals surface area contributed by atoms with Gasteiger partial charge in [0, 0.05) is 26.3 Å². The summed E-state index contributed by atoms with van der Waals surface area (Å²) in [6, 6.07) is 8.19. The first-order chi connectivity index (χ1) is 8.00. The van der Waals surface area contributed by atoms with Gasteiger partial charge in [0.2, 0.25) is 0 Å². The molecule has 1 nitrogen and oxygen atoms in total. The third-order valence-corrected chi connectivity index (χ3v) is 3.83. The lowest BCUT2D eigenvalue weighted by Crippen LogP contribution is -1.93. The summed E-state index contributed by atoms with van der Waals surface area (Å²) in [7, 11) is 0. The van der Waals surface area contributed by atoms with E-state index in [2.05, 4.69) is 15.9 Å². The molecule has 0 aliphatic heterocycles. The van der Waals surface area contributed by atoms with Crippen LogP contribution in [0, 0.1) is 5.82 Å². The predicted octanol–water partition coefficient (Wildman–Crippen LogP) is 5.14. The van der Waals surface area contributed by atoms with Crippen molar-refractivity contribution in [3.63, 3.8) is 0 Å². The fourth-order valence-electron chi connectivity index (χ4n) is 1.51. The number of hydrogen-bond acceptors (Lipinski definition) is 1. The molecule has 88 valence electrons. The van der Waals surface area contributed by atoms with Crippen molar-refractivity contribution in [3.05, 3.63) is 50.7 Å². The van der Waals surface area contributed by atoms with Crippen molar-refractivity contribution in [1.29, 1.82) is 0 Å². The highest BCUT2D eigenvalue weighted by Gasteiger charge is 2.13. The summed E-state index contributed by atoms with van der Waals surface area (Å²) < 4.78 is 14.5. The van der Waals surface area contributed by atoms with Crippen LogP contribution in [-0.4, -0.2) is 0 Å². The summed E-state index contributed by atoms with van der Waals surface area (Å²) in [4.78, 5) is 0. The molecule has 0 heterocycles. The zero-order valence-corrected chi connectivity index (χ0v) is 11.6. The highest BCUT2D eigenvalue weighted by Crippen LogP contribution is 2.36. The third kappa shape index (κ3) is 2.41. The standard InChI is InChI=1S/C12H7BrCl2FN/c13-9-4-3-8(12(16)11(9)15)7-2-1-6(14)5-10(7)17/h1-5H,17H2. The van der Waals surface area contributed by atoms with E-state index < -0.39 is 5.82 Å². The Morgan fingerprint density at radius 3 is 2.35 bits per heavy atom. The van der Waals surface area contributed by atoms with Crippen molar-refractivity contribution < 1.29 is 4.39 Å². The Kier molecular flexibility index (Phi) is 3.61. The van der Waals surface area contributed by atoms with Gasteiger partial charge in [-0.25, -0.2) is 4.39 Å². The molecular formula is C12H7BrCl2FN. The number of hydrogen-bond donors (Lipinski definition) is 1. The number of benzene rings is 2. The van der Waals surface area contributed by atoms with Gasteiger partial charge in [-0.1, -0.05) is 35.3 Å². The zero-order chi connectivity index (χ0) is 12.6. The molecule has 0 saturated heterocycles. The van der Waals surface area contributed by atoms with E-state index >= 15 is 0 Å². The molecule has 0 aromatic heterocycles. The maximum atomic E-state index is 14.0. The van der Waals surface area contributed by atoms with Gasteiger partial charge in [-0.3, -0.25) is 0 Å². The van der Waals surface area contributed by atoms with Crippen LogP contribution in [0.2, 0.25) is 10.0 Å². The quantitative estimate of drug-likeness (QED) is 0.566. The lowest BCUT2D eigenvalue weighted by molar-refractivity contribution is 0.631. The number of nitrogen functional groups attached to an aromatic ring is 1. The topological polar surface area (TPSA) is 26.0 Å². The van der Waals surface area contributed by atoms with E-state index in [1.807, 2.05) is 0 Å². The molecule has 0 atom stereocenters. The molecule has 0 unspecified atom stereocenters. The lowest BCUT2D eigenvalue weighted by Gasteiger charge is -2.09. The molecule has 2 rings (SSSR count). The van der Waals surface area contributed by atoms with E-state index in [4.69, 9.17) is 28.9 Å². The van der Waals surface area contributed by atoms with E-state index in [0.29, 0.717) is 26.3 Å². The monoisotopic (exact) mass is 333 g/mol. The van der Waals surface area contributed by atoms with Crippen LogP contribution >= 0.6 is 39.1 Å². The molecule has 0 saturated carbocycles. The van der Waals surface area contributed by atoms with Crippen molar-refractivity contribution in [2.24, 2.45) is 0 Å². The Balaban J connectivity index is 2.65. The van der Waals surface area contributed by atoms with Crippen molar-refractivity contribution in [3.8, 4) is 11.1 Å². The molecule has 0 fully saturated rings. The molecule has 0 spiro atoms. The second kappa shape index (κ2) is 4.84. The minimum atomic E-state index is -0.505. The summed E-state index contributed by atoms with van der Waals surface area (Å²) >= 11 is 14.8. The predicted molar refractivity (Wildman–Crippen MR) is 74.0 cm³/mol. The second-order valence-corrected chi connectivity index (χ2v) is 5.12. The molecule has 2 N–H and O–H groups in total. The first-order valence-electron chi connectivity index (χ1n) is 4.69. The maximum Gasteiger partial charge on any atom is 0.150 e. The number of halogens is 4. The van der Waals surface area contributed by atoms with Crippen molar-refractivity contribution in [2.45, 2.75) is 0 Å². The van der Waals surface area contributed by atoms with E-state index in [0.717, 1.165) is 0 Å². The fourth-order valence-corrected chi connectivity index (χ4v) is 2.16. The first kappa shape index (κ1) is 12.7. The summed E-state index contributed by atoms with van der Waals surface area (Å²) in [5.74, 6) is -0.505. The molecule has 0 aliphatic rings. The SMILES string of the molecule is Nc1cc(Cl)ccc1-c1ccc(Br)c(Cl)c1F. The van der Waals surface area contributed by atoms with Crippen molar-refractivity contribution in [2.75, 3.05) is 5.73 Å². The fraction of sp³-hybridized carbons (Fsp3) is 0. The Bertz CT molecular complexity index is 587. The van der Waals surface area contributed by atoms with E-state index in [1.165, 1.54) is 0 Å². The van der Waals surface area contributed by atoms with Gasteiger partial charge in [0.25, 0.3) is 0 Å². The molecular weight excluding hydrogens is 328 g/mol. The average molecular weight is 335 g/mol. The van der Waals surface area contributed by atoms with Crippen LogP contribution in [0.25, 0.3) is 11.1 Å². The van der Waals surface area contributed by atoms with Gasteiger partial charge in [0.05, 0.1) is 5.02 Å². The van der Waals surface area contributed by atoms with Gasteiger partial charge < -0.3 is 5.73 Å². The number of rotatable bonds is 1. The second-order valence-electron chi connectivity index (χ2n) is 3.45. The lowest BCUT2D eigenvalue weighted by atomic mass is 10.0. The zero-order valence-electron chi connectivity index (χ0n) is 8.48. The molecule has 0 aliphatic carbocycles. The average Bonchev–Trinajstić information content (AvgIpc) is 2.28. The van der Waals surface area contributed by atoms with Crippen LogP contribution in [0.3, 0.4) is 0 Å². The van der Waals surface area contributed by atoms with Gasteiger partial charge in [-0.2, -0.15) is 0 Å². The molecule has 2 aromatic rings. The Hall–Kier alpha value is -0.770. The van der Waals surface area contributed by atoms with Crippen LogP contribution in [0.5, 0.6) is 0 Å². The van der Waals surface area contributed by atoms with Crippen molar-refractivity contribution in [1.82, 2.24) is 0 Å². The summed E-state index contributed by atoms with van der Waals surface area (Å²) in [5, 5.41) is 0.548. The van der Waals surface area contributed by atoms with Gasteiger partial charge in [0.1, 0.15) is 0 Å². The Morgan fingerprint density at radius 1 is 1.06 bits per heavy atom.